The Balaban J connectivity index is 2.42. The van der Waals surface area contributed by atoms with Gasteiger partial charge in [-0.25, -0.2) is 9.18 Å². The summed E-state index contributed by atoms with van der Waals surface area (Å²) in [7, 11) is 1.67. The number of amides is 2. The van der Waals surface area contributed by atoms with Crippen molar-refractivity contribution in [2.45, 2.75) is 6.54 Å². The number of fused-ring (bicyclic) bond motifs is 1. The highest BCUT2D eigenvalue weighted by molar-refractivity contribution is 5.92. The fraction of sp³-hybridized carbons (Fsp3) is 0.222. The van der Waals surface area contributed by atoms with Crippen LogP contribution in [0.3, 0.4) is 0 Å². The smallest absolute Gasteiger partial charge is 0.321 e. The van der Waals surface area contributed by atoms with E-state index in [2.05, 4.69) is 5.32 Å². The lowest BCUT2D eigenvalue weighted by atomic mass is 10.1. The molecule has 1 heterocycles. The molecule has 0 bridgehead atoms. The first-order valence-corrected chi connectivity index (χ1v) is 3.97. The van der Waals surface area contributed by atoms with E-state index in [-0.39, 0.29) is 11.8 Å². The molecule has 0 aliphatic carbocycles. The van der Waals surface area contributed by atoms with Gasteiger partial charge in [-0.15, -0.1) is 0 Å². The van der Waals surface area contributed by atoms with Gasteiger partial charge in [0, 0.05) is 19.3 Å². The third-order valence-corrected chi connectivity index (χ3v) is 2.06. The zero-order valence-electron chi connectivity index (χ0n) is 7.17. The molecule has 0 saturated carbocycles. The van der Waals surface area contributed by atoms with Gasteiger partial charge in [-0.3, -0.25) is 0 Å². The van der Waals surface area contributed by atoms with Crippen LogP contribution >= 0.6 is 0 Å². The predicted octanol–water partition coefficient (Wildman–Crippen LogP) is 1.80. The van der Waals surface area contributed by atoms with Crippen molar-refractivity contribution in [2.24, 2.45) is 0 Å². The fourth-order valence-corrected chi connectivity index (χ4v) is 1.35. The van der Waals surface area contributed by atoms with Crippen LogP contribution in [-0.4, -0.2) is 18.0 Å². The lowest BCUT2D eigenvalue weighted by Gasteiger charge is -2.25. The number of nitrogens with zero attached hydrogens (tertiary/aromatic N) is 1. The Morgan fingerprint density at radius 2 is 2.31 bits per heavy atom. The molecule has 1 N–H and O–H groups in total. The minimum Gasteiger partial charge on any atom is -0.323 e. The van der Waals surface area contributed by atoms with Crippen molar-refractivity contribution in [1.29, 1.82) is 0 Å². The molecular formula is C9H9FN2O. The molecule has 0 saturated heterocycles. The summed E-state index contributed by atoms with van der Waals surface area (Å²) < 4.78 is 12.8. The summed E-state index contributed by atoms with van der Waals surface area (Å²) >= 11 is 0. The summed E-state index contributed by atoms with van der Waals surface area (Å²) in [5.41, 5.74) is 1.51. The van der Waals surface area contributed by atoms with E-state index in [1.54, 1.807) is 13.1 Å². The molecule has 1 aromatic carbocycles. The van der Waals surface area contributed by atoms with Gasteiger partial charge in [0.25, 0.3) is 0 Å². The van der Waals surface area contributed by atoms with Crippen molar-refractivity contribution in [3.8, 4) is 0 Å². The van der Waals surface area contributed by atoms with Crippen LogP contribution in [0.2, 0.25) is 0 Å². The van der Waals surface area contributed by atoms with Gasteiger partial charge < -0.3 is 10.2 Å². The summed E-state index contributed by atoms with van der Waals surface area (Å²) in [6, 6.07) is 4.20. The molecule has 13 heavy (non-hydrogen) atoms. The lowest BCUT2D eigenvalue weighted by Crippen LogP contribution is -2.35. The number of hydrogen-bond acceptors (Lipinski definition) is 1. The molecule has 0 aromatic heterocycles. The topological polar surface area (TPSA) is 32.3 Å². The Hall–Kier alpha value is -1.58. The summed E-state index contributed by atoms with van der Waals surface area (Å²) in [4.78, 5) is 12.7. The molecule has 0 spiro atoms. The van der Waals surface area contributed by atoms with E-state index in [0.717, 1.165) is 5.56 Å². The number of anilines is 1. The van der Waals surface area contributed by atoms with E-state index in [4.69, 9.17) is 0 Å². The molecular weight excluding hydrogens is 171 g/mol. The van der Waals surface area contributed by atoms with Gasteiger partial charge in [0.1, 0.15) is 5.82 Å². The highest BCUT2D eigenvalue weighted by Crippen LogP contribution is 2.22. The van der Waals surface area contributed by atoms with Gasteiger partial charge >= 0.3 is 6.03 Å². The largest absolute Gasteiger partial charge is 0.323 e. The molecule has 0 atom stereocenters. The molecule has 2 amide bonds. The normalized spacial score (nSPS) is 15.2. The fourth-order valence-electron chi connectivity index (χ4n) is 1.35. The molecule has 2 rings (SSSR count). The lowest BCUT2D eigenvalue weighted by molar-refractivity contribution is 0.218. The molecule has 1 aromatic rings. The van der Waals surface area contributed by atoms with Gasteiger partial charge in [-0.1, -0.05) is 0 Å². The van der Waals surface area contributed by atoms with E-state index in [1.807, 2.05) is 0 Å². The SMILES string of the molecule is CN1Cc2cc(F)ccc2NC1=O. The van der Waals surface area contributed by atoms with Gasteiger partial charge in [0.15, 0.2) is 0 Å². The maximum Gasteiger partial charge on any atom is 0.321 e. The molecule has 0 unspecified atom stereocenters. The summed E-state index contributed by atoms with van der Waals surface area (Å²) in [6.07, 6.45) is 0. The van der Waals surface area contributed by atoms with Crippen molar-refractivity contribution >= 4 is 11.7 Å². The molecule has 1 aliphatic heterocycles. The quantitative estimate of drug-likeness (QED) is 0.648. The van der Waals surface area contributed by atoms with Crippen LogP contribution in [0.1, 0.15) is 5.56 Å². The minimum atomic E-state index is -0.275. The zero-order valence-corrected chi connectivity index (χ0v) is 7.17. The molecule has 3 nitrogen and oxygen atoms in total. The third kappa shape index (κ3) is 1.35. The first-order chi connectivity index (χ1) is 6.16. The second-order valence-electron chi connectivity index (χ2n) is 3.09. The Morgan fingerprint density at radius 3 is 3.08 bits per heavy atom. The van der Waals surface area contributed by atoms with Gasteiger partial charge in [-0.05, 0) is 23.8 Å². The molecule has 4 heteroatoms. The maximum atomic E-state index is 12.8. The summed E-state index contributed by atoms with van der Waals surface area (Å²) in [5, 5.41) is 2.66. The van der Waals surface area contributed by atoms with Crippen LogP contribution in [0, 0.1) is 5.82 Å². The van der Waals surface area contributed by atoms with Gasteiger partial charge in [0.2, 0.25) is 0 Å². The Kier molecular flexibility index (Phi) is 1.69. The Morgan fingerprint density at radius 1 is 1.54 bits per heavy atom. The van der Waals surface area contributed by atoms with Crippen LogP contribution in [0.5, 0.6) is 0 Å². The average Bonchev–Trinajstić information content (AvgIpc) is 2.08. The number of hydrogen-bond donors (Lipinski definition) is 1. The van der Waals surface area contributed by atoms with Gasteiger partial charge in [-0.2, -0.15) is 0 Å². The van der Waals surface area contributed by atoms with Crippen LogP contribution in [0.25, 0.3) is 0 Å². The first-order valence-electron chi connectivity index (χ1n) is 3.97. The minimum absolute atomic E-state index is 0.154. The van der Waals surface area contributed by atoms with E-state index in [0.29, 0.717) is 12.2 Å². The van der Waals surface area contributed by atoms with Crippen molar-refractivity contribution in [3.63, 3.8) is 0 Å². The molecule has 0 radical (unpaired) electrons. The number of urea groups is 1. The predicted molar refractivity (Wildman–Crippen MR) is 46.9 cm³/mol. The van der Waals surface area contributed by atoms with Gasteiger partial charge in [0.05, 0.1) is 0 Å². The van der Waals surface area contributed by atoms with Crippen molar-refractivity contribution in [2.75, 3.05) is 12.4 Å². The third-order valence-electron chi connectivity index (χ3n) is 2.06. The zero-order chi connectivity index (χ0) is 9.42. The van der Waals surface area contributed by atoms with E-state index < -0.39 is 0 Å². The van der Waals surface area contributed by atoms with E-state index in [9.17, 15) is 9.18 Å². The number of rotatable bonds is 0. The van der Waals surface area contributed by atoms with Crippen molar-refractivity contribution in [1.82, 2.24) is 4.90 Å². The second-order valence-corrected chi connectivity index (χ2v) is 3.09. The number of nitrogens with one attached hydrogen (secondary N) is 1. The Bertz CT molecular complexity index is 365. The number of halogens is 1. The highest BCUT2D eigenvalue weighted by atomic mass is 19.1. The second kappa shape index (κ2) is 2.73. The summed E-state index contributed by atoms with van der Waals surface area (Å²) in [6.45, 7) is 0.457. The molecule has 68 valence electrons. The molecule has 0 fully saturated rings. The van der Waals surface area contributed by atoms with Crippen molar-refractivity contribution < 1.29 is 9.18 Å². The van der Waals surface area contributed by atoms with Crippen LogP contribution < -0.4 is 5.32 Å². The van der Waals surface area contributed by atoms with Crippen molar-refractivity contribution in [3.05, 3.63) is 29.6 Å². The Labute approximate surface area is 75.2 Å². The van der Waals surface area contributed by atoms with E-state index in [1.165, 1.54) is 17.0 Å². The summed E-state index contributed by atoms with van der Waals surface area (Å²) in [5.74, 6) is -0.275. The first kappa shape index (κ1) is 8.04. The highest BCUT2D eigenvalue weighted by Gasteiger charge is 2.18. The van der Waals surface area contributed by atoms with E-state index >= 15 is 0 Å². The average molecular weight is 180 g/mol. The molecule has 1 aliphatic rings. The maximum absolute atomic E-state index is 12.8. The number of carbonyl (C=O) groups excluding carboxylic acids is 1. The standard InChI is InChI=1S/C9H9FN2O/c1-12-5-6-4-7(10)2-3-8(6)11-9(12)13/h2-4H,5H2,1H3,(H,11,13). The van der Waals surface area contributed by atoms with Crippen LogP contribution in [0.4, 0.5) is 14.9 Å². The number of benzene rings is 1. The number of carbonyl (C=O) groups is 1. The monoisotopic (exact) mass is 180 g/mol. The van der Waals surface area contributed by atoms with Crippen LogP contribution in [-0.2, 0) is 6.54 Å². The van der Waals surface area contributed by atoms with Crippen LogP contribution in [0.15, 0.2) is 18.2 Å².